The summed E-state index contributed by atoms with van der Waals surface area (Å²) in [5.41, 5.74) is 0.103. The van der Waals surface area contributed by atoms with Gasteiger partial charge >= 0.3 is 0 Å². The Balaban J connectivity index is 1.91. The van der Waals surface area contributed by atoms with Crippen LogP contribution >= 0.6 is 0 Å². The fraction of sp³-hybridized carbons (Fsp3) is 0.438. The third kappa shape index (κ3) is 4.36. The predicted molar refractivity (Wildman–Crippen MR) is 77.9 cm³/mol. The first-order chi connectivity index (χ1) is 10.1. The molecule has 0 saturated carbocycles. The lowest BCUT2D eigenvalue weighted by molar-refractivity contribution is 0.475. The normalized spacial score (nSPS) is 11.3. The number of hydrogen-bond donors (Lipinski definition) is 1. The van der Waals surface area contributed by atoms with Gasteiger partial charge in [0.2, 0.25) is 0 Å². The lowest BCUT2D eigenvalue weighted by atomic mass is 10.2. The van der Waals surface area contributed by atoms with E-state index < -0.39 is 11.6 Å². The minimum absolute atomic E-state index is 0.103. The van der Waals surface area contributed by atoms with E-state index >= 15 is 0 Å². The molecule has 0 aliphatic heterocycles. The van der Waals surface area contributed by atoms with Crippen LogP contribution in [0.5, 0.6) is 0 Å². The van der Waals surface area contributed by atoms with Crippen LogP contribution in [0.25, 0.3) is 11.3 Å². The molecule has 2 aromatic rings. The Hall–Kier alpha value is -1.75. The van der Waals surface area contributed by atoms with Crippen LogP contribution in [0.1, 0.15) is 26.2 Å². The SMILES string of the molecule is CC(C)CNCCCc1ncc(-c2cccc(F)c2F)o1. The average molecular weight is 294 g/mol. The van der Waals surface area contributed by atoms with Crippen molar-refractivity contribution in [2.45, 2.75) is 26.7 Å². The number of rotatable bonds is 7. The van der Waals surface area contributed by atoms with Crippen LogP contribution in [-0.4, -0.2) is 18.1 Å². The van der Waals surface area contributed by atoms with Gasteiger partial charge in [-0.3, -0.25) is 0 Å². The quantitative estimate of drug-likeness (QED) is 0.789. The van der Waals surface area contributed by atoms with E-state index in [9.17, 15) is 8.78 Å². The van der Waals surface area contributed by atoms with Crippen molar-refractivity contribution in [2.75, 3.05) is 13.1 Å². The van der Waals surface area contributed by atoms with E-state index in [1.165, 1.54) is 18.3 Å². The Morgan fingerprint density at radius 2 is 2.10 bits per heavy atom. The third-order valence-corrected chi connectivity index (χ3v) is 3.07. The van der Waals surface area contributed by atoms with Gasteiger partial charge in [-0.1, -0.05) is 19.9 Å². The first-order valence-electron chi connectivity index (χ1n) is 7.17. The zero-order chi connectivity index (χ0) is 15.2. The second kappa shape index (κ2) is 7.31. The first kappa shape index (κ1) is 15.6. The molecule has 0 fully saturated rings. The van der Waals surface area contributed by atoms with Crippen molar-refractivity contribution in [3.63, 3.8) is 0 Å². The van der Waals surface area contributed by atoms with Gasteiger partial charge in [-0.15, -0.1) is 0 Å². The fourth-order valence-electron chi connectivity index (χ4n) is 2.00. The van der Waals surface area contributed by atoms with Crippen molar-refractivity contribution in [3.05, 3.63) is 41.9 Å². The molecule has 114 valence electrons. The van der Waals surface area contributed by atoms with E-state index in [1.807, 2.05) is 0 Å². The molecule has 0 unspecified atom stereocenters. The highest BCUT2D eigenvalue weighted by molar-refractivity contribution is 5.57. The average Bonchev–Trinajstić information content (AvgIpc) is 2.90. The summed E-state index contributed by atoms with van der Waals surface area (Å²) in [5.74, 6) is -0.367. The van der Waals surface area contributed by atoms with Crippen molar-refractivity contribution < 1.29 is 13.2 Å². The van der Waals surface area contributed by atoms with Crippen LogP contribution in [0.4, 0.5) is 8.78 Å². The van der Waals surface area contributed by atoms with E-state index in [-0.39, 0.29) is 11.3 Å². The lowest BCUT2D eigenvalue weighted by Crippen LogP contribution is -2.21. The second-order valence-corrected chi connectivity index (χ2v) is 5.42. The van der Waals surface area contributed by atoms with Gasteiger partial charge in [0.15, 0.2) is 23.3 Å². The van der Waals surface area contributed by atoms with Gasteiger partial charge in [-0.05, 0) is 37.6 Å². The maximum absolute atomic E-state index is 13.7. The van der Waals surface area contributed by atoms with Crippen LogP contribution in [-0.2, 0) is 6.42 Å². The summed E-state index contributed by atoms with van der Waals surface area (Å²) in [6, 6.07) is 4.01. The highest BCUT2D eigenvalue weighted by atomic mass is 19.2. The van der Waals surface area contributed by atoms with Crippen LogP contribution in [0.15, 0.2) is 28.8 Å². The number of aryl methyl sites for hydroxylation is 1. The molecule has 1 heterocycles. The van der Waals surface area contributed by atoms with Crippen LogP contribution in [0, 0.1) is 17.6 Å². The number of nitrogens with one attached hydrogen (secondary N) is 1. The summed E-state index contributed by atoms with van der Waals surface area (Å²) >= 11 is 0. The number of halogens is 2. The van der Waals surface area contributed by atoms with Gasteiger partial charge in [0.25, 0.3) is 0 Å². The molecule has 0 amide bonds. The number of aromatic nitrogens is 1. The van der Waals surface area contributed by atoms with E-state index in [1.54, 1.807) is 0 Å². The number of hydrogen-bond acceptors (Lipinski definition) is 3. The molecule has 0 atom stereocenters. The number of oxazole rings is 1. The molecular weight excluding hydrogens is 274 g/mol. The molecule has 0 bridgehead atoms. The van der Waals surface area contributed by atoms with Crippen molar-refractivity contribution in [1.29, 1.82) is 0 Å². The monoisotopic (exact) mass is 294 g/mol. The molecule has 2 rings (SSSR count). The maximum atomic E-state index is 13.7. The topological polar surface area (TPSA) is 38.1 Å². The molecule has 0 spiro atoms. The van der Waals surface area contributed by atoms with Crippen LogP contribution in [0.2, 0.25) is 0 Å². The van der Waals surface area contributed by atoms with Gasteiger partial charge in [-0.2, -0.15) is 0 Å². The van der Waals surface area contributed by atoms with Gasteiger partial charge in [0.05, 0.1) is 11.8 Å². The largest absolute Gasteiger partial charge is 0.441 e. The van der Waals surface area contributed by atoms with Gasteiger partial charge in [-0.25, -0.2) is 13.8 Å². The zero-order valence-electron chi connectivity index (χ0n) is 12.3. The Morgan fingerprint density at radius 1 is 1.29 bits per heavy atom. The van der Waals surface area contributed by atoms with Crippen molar-refractivity contribution in [1.82, 2.24) is 10.3 Å². The second-order valence-electron chi connectivity index (χ2n) is 5.42. The van der Waals surface area contributed by atoms with Crippen LogP contribution in [0.3, 0.4) is 0 Å². The molecule has 1 aromatic carbocycles. The molecule has 0 aliphatic carbocycles. The van der Waals surface area contributed by atoms with E-state index in [2.05, 4.69) is 24.1 Å². The number of benzene rings is 1. The molecule has 0 radical (unpaired) electrons. The van der Waals surface area contributed by atoms with Crippen molar-refractivity contribution in [3.8, 4) is 11.3 Å². The van der Waals surface area contributed by atoms with Gasteiger partial charge < -0.3 is 9.73 Å². The summed E-state index contributed by atoms with van der Waals surface area (Å²) in [7, 11) is 0. The van der Waals surface area contributed by atoms with Crippen LogP contribution < -0.4 is 5.32 Å². The summed E-state index contributed by atoms with van der Waals surface area (Å²) in [4.78, 5) is 4.11. The molecule has 21 heavy (non-hydrogen) atoms. The minimum atomic E-state index is -0.904. The van der Waals surface area contributed by atoms with E-state index in [4.69, 9.17) is 4.42 Å². The first-order valence-corrected chi connectivity index (χ1v) is 7.17. The summed E-state index contributed by atoms with van der Waals surface area (Å²) < 4.78 is 32.3. The Morgan fingerprint density at radius 3 is 2.86 bits per heavy atom. The standard InChI is InChI=1S/C16H20F2N2O/c1-11(2)9-19-8-4-7-15-20-10-14(21-15)12-5-3-6-13(17)16(12)18/h3,5-6,10-11,19H,4,7-9H2,1-2H3. The highest BCUT2D eigenvalue weighted by Gasteiger charge is 2.13. The lowest BCUT2D eigenvalue weighted by Gasteiger charge is -2.05. The molecule has 3 nitrogen and oxygen atoms in total. The molecule has 0 aliphatic rings. The van der Waals surface area contributed by atoms with Gasteiger partial charge in [0.1, 0.15) is 0 Å². The Bertz CT molecular complexity index is 581. The third-order valence-electron chi connectivity index (χ3n) is 3.07. The molecule has 1 N–H and O–H groups in total. The van der Waals surface area contributed by atoms with E-state index in [0.717, 1.165) is 25.6 Å². The molecule has 5 heteroatoms. The smallest absolute Gasteiger partial charge is 0.194 e. The molecular formula is C16H20F2N2O. The maximum Gasteiger partial charge on any atom is 0.194 e. The number of nitrogens with zero attached hydrogens (tertiary/aromatic N) is 1. The minimum Gasteiger partial charge on any atom is -0.441 e. The van der Waals surface area contributed by atoms with Crippen molar-refractivity contribution in [2.24, 2.45) is 5.92 Å². The molecule has 0 saturated heterocycles. The molecule has 1 aromatic heterocycles. The van der Waals surface area contributed by atoms with Crippen molar-refractivity contribution >= 4 is 0 Å². The summed E-state index contributed by atoms with van der Waals surface area (Å²) in [6.07, 6.45) is 3.00. The van der Waals surface area contributed by atoms with Gasteiger partial charge in [0, 0.05) is 6.42 Å². The Labute approximate surface area is 123 Å². The summed E-state index contributed by atoms with van der Waals surface area (Å²) in [5, 5.41) is 3.33. The van der Waals surface area contributed by atoms with E-state index in [0.29, 0.717) is 18.2 Å². The summed E-state index contributed by atoms with van der Waals surface area (Å²) in [6.45, 7) is 6.16. The zero-order valence-corrected chi connectivity index (χ0v) is 12.3. The predicted octanol–water partition coefficient (Wildman–Crippen LogP) is 3.80. The Kier molecular flexibility index (Phi) is 5.44. The highest BCUT2D eigenvalue weighted by Crippen LogP contribution is 2.25. The fourth-order valence-corrected chi connectivity index (χ4v) is 2.00.